The topological polar surface area (TPSA) is 37.3 Å². The lowest BCUT2D eigenvalue weighted by molar-refractivity contribution is -0.133. The zero-order chi connectivity index (χ0) is 12.6. The Labute approximate surface area is 102 Å². The van der Waals surface area contributed by atoms with Crippen LogP contribution in [0, 0.1) is 19.8 Å². The number of hydrogen-bond donors (Lipinski definition) is 1. The molecule has 2 heteroatoms. The smallest absolute Gasteiger partial charge is 0.331 e. The van der Waals surface area contributed by atoms with Crippen molar-refractivity contribution in [2.75, 3.05) is 0 Å². The maximum absolute atomic E-state index is 11.0. The van der Waals surface area contributed by atoms with Gasteiger partial charge in [0.15, 0.2) is 0 Å². The summed E-state index contributed by atoms with van der Waals surface area (Å²) >= 11 is 0. The van der Waals surface area contributed by atoms with Crippen LogP contribution in [0.5, 0.6) is 0 Å². The van der Waals surface area contributed by atoms with Gasteiger partial charge in [0, 0.05) is 5.57 Å². The molecule has 0 amide bonds. The molecule has 1 aromatic rings. The number of carboxylic acids is 1. The number of fused-ring (bicyclic) bond motifs is 1. The molecule has 0 aromatic heterocycles. The summed E-state index contributed by atoms with van der Waals surface area (Å²) in [4.78, 5) is 11.0. The minimum absolute atomic E-state index is 0.0977. The lowest BCUT2D eigenvalue weighted by atomic mass is 9.77. The van der Waals surface area contributed by atoms with Crippen molar-refractivity contribution in [2.24, 2.45) is 5.92 Å². The average molecular weight is 230 g/mol. The number of carbonyl (C=O) groups is 1. The third-order valence-corrected chi connectivity index (χ3v) is 3.86. The molecule has 1 aliphatic carbocycles. The zero-order valence-electron chi connectivity index (χ0n) is 10.4. The van der Waals surface area contributed by atoms with Gasteiger partial charge in [0.2, 0.25) is 0 Å². The fourth-order valence-electron chi connectivity index (χ4n) is 2.70. The largest absolute Gasteiger partial charge is 0.478 e. The fourth-order valence-corrected chi connectivity index (χ4v) is 2.70. The van der Waals surface area contributed by atoms with Crippen LogP contribution in [-0.4, -0.2) is 11.1 Å². The van der Waals surface area contributed by atoms with Gasteiger partial charge in [-0.3, -0.25) is 0 Å². The summed E-state index contributed by atoms with van der Waals surface area (Å²) in [5, 5.41) is 9.01. The molecule has 1 unspecified atom stereocenters. The fraction of sp³-hybridized carbons (Fsp3) is 0.400. The second-order valence-electron chi connectivity index (χ2n) is 4.93. The zero-order valence-corrected chi connectivity index (χ0v) is 10.4. The second kappa shape index (κ2) is 4.36. The van der Waals surface area contributed by atoms with Gasteiger partial charge in [-0.25, -0.2) is 4.79 Å². The average Bonchev–Trinajstić information content (AvgIpc) is 2.32. The SMILES string of the molecule is C=C(C(=O)O)C1CCc2c(C)ccc(C)c2C1. The Morgan fingerprint density at radius 2 is 1.88 bits per heavy atom. The molecule has 0 spiro atoms. The Morgan fingerprint density at radius 1 is 1.29 bits per heavy atom. The van der Waals surface area contributed by atoms with Crippen molar-refractivity contribution in [3.63, 3.8) is 0 Å². The van der Waals surface area contributed by atoms with Crippen LogP contribution in [0.25, 0.3) is 0 Å². The summed E-state index contributed by atoms with van der Waals surface area (Å²) in [7, 11) is 0. The maximum atomic E-state index is 11.0. The highest BCUT2D eigenvalue weighted by molar-refractivity contribution is 5.86. The number of benzene rings is 1. The van der Waals surface area contributed by atoms with E-state index in [-0.39, 0.29) is 5.92 Å². The van der Waals surface area contributed by atoms with Gasteiger partial charge in [0.25, 0.3) is 0 Å². The van der Waals surface area contributed by atoms with E-state index in [1.165, 1.54) is 22.3 Å². The first-order valence-corrected chi connectivity index (χ1v) is 6.00. The Hall–Kier alpha value is -1.57. The molecule has 2 nitrogen and oxygen atoms in total. The third kappa shape index (κ3) is 2.12. The van der Waals surface area contributed by atoms with Crippen molar-refractivity contribution in [3.05, 3.63) is 46.5 Å². The molecule has 0 radical (unpaired) electrons. The van der Waals surface area contributed by atoms with Crippen LogP contribution >= 0.6 is 0 Å². The van der Waals surface area contributed by atoms with Gasteiger partial charge >= 0.3 is 5.97 Å². The molecule has 0 saturated heterocycles. The summed E-state index contributed by atoms with van der Waals surface area (Å²) in [5.74, 6) is -0.760. The van der Waals surface area contributed by atoms with Gasteiger partial charge in [-0.15, -0.1) is 0 Å². The Balaban J connectivity index is 2.33. The monoisotopic (exact) mass is 230 g/mol. The summed E-state index contributed by atoms with van der Waals surface area (Å²) in [5.41, 5.74) is 5.71. The Morgan fingerprint density at radius 3 is 2.47 bits per heavy atom. The number of aliphatic carboxylic acids is 1. The molecule has 2 rings (SSSR count). The molecule has 1 N–H and O–H groups in total. The molecule has 1 atom stereocenters. The molecule has 90 valence electrons. The van der Waals surface area contributed by atoms with E-state index in [1.54, 1.807) is 0 Å². The van der Waals surface area contributed by atoms with Crippen molar-refractivity contribution in [3.8, 4) is 0 Å². The van der Waals surface area contributed by atoms with Crippen LogP contribution in [0.4, 0.5) is 0 Å². The molecule has 0 bridgehead atoms. The Kier molecular flexibility index (Phi) is 3.05. The van der Waals surface area contributed by atoms with E-state index in [9.17, 15) is 4.79 Å². The number of carboxylic acid groups (broad SMARTS) is 1. The third-order valence-electron chi connectivity index (χ3n) is 3.86. The van der Waals surface area contributed by atoms with Crippen LogP contribution in [0.3, 0.4) is 0 Å². The van der Waals surface area contributed by atoms with Crippen molar-refractivity contribution in [1.82, 2.24) is 0 Å². The lowest BCUT2D eigenvalue weighted by Crippen LogP contribution is -2.21. The van der Waals surface area contributed by atoms with Crippen molar-refractivity contribution in [1.29, 1.82) is 0 Å². The van der Waals surface area contributed by atoms with E-state index in [0.717, 1.165) is 19.3 Å². The van der Waals surface area contributed by atoms with E-state index in [4.69, 9.17) is 5.11 Å². The number of rotatable bonds is 2. The van der Waals surface area contributed by atoms with Crippen molar-refractivity contribution in [2.45, 2.75) is 33.1 Å². The molecule has 1 aromatic carbocycles. The number of aryl methyl sites for hydroxylation is 2. The van der Waals surface area contributed by atoms with E-state index in [2.05, 4.69) is 32.6 Å². The quantitative estimate of drug-likeness (QED) is 0.793. The van der Waals surface area contributed by atoms with Gasteiger partial charge in [-0.2, -0.15) is 0 Å². The normalized spacial score (nSPS) is 18.6. The summed E-state index contributed by atoms with van der Waals surface area (Å²) in [6.07, 6.45) is 2.70. The van der Waals surface area contributed by atoms with Crippen LogP contribution in [0.2, 0.25) is 0 Å². The van der Waals surface area contributed by atoms with E-state index in [1.807, 2.05) is 0 Å². The highest BCUT2D eigenvalue weighted by Gasteiger charge is 2.25. The van der Waals surface area contributed by atoms with Gasteiger partial charge in [0.05, 0.1) is 0 Å². The van der Waals surface area contributed by atoms with Crippen LogP contribution in [0.1, 0.15) is 28.7 Å². The predicted molar refractivity (Wildman–Crippen MR) is 68.2 cm³/mol. The minimum Gasteiger partial charge on any atom is -0.478 e. The van der Waals surface area contributed by atoms with Gasteiger partial charge < -0.3 is 5.11 Å². The van der Waals surface area contributed by atoms with Crippen molar-refractivity contribution >= 4 is 5.97 Å². The van der Waals surface area contributed by atoms with Gasteiger partial charge in [-0.1, -0.05) is 18.7 Å². The predicted octanol–water partition coefficient (Wildman–Crippen LogP) is 3.05. The molecule has 0 aliphatic heterocycles. The standard InChI is InChI=1S/C15H18O2/c1-9-4-5-10(2)14-8-12(6-7-13(9)14)11(3)15(16)17/h4-5,12H,3,6-8H2,1-2H3,(H,16,17). The summed E-state index contributed by atoms with van der Waals surface area (Å²) in [6, 6.07) is 4.28. The van der Waals surface area contributed by atoms with Crippen molar-refractivity contribution < 1.29 is 9.90 Å². The van der Waals surface area contributed by atoms with Crippen LogP contribution in [-0.2, 0) is 17.6 Å². The molecule has 0 heterocycles. The van der Waals surface area contributed by atoms with Gasteiger partial charge in [-0.05, 0) is 61.3 Å². The van der Waals surface area contributed by atoms with E-state index in [0.29, 0.717) is 5.57 Å². The first kappa shape index (κ1) is 11.9. The molecule has 17 heavy (non-hydrogen) atoms. The molecular formula is C15H18O2. The lowest BCUT2D eigenvalue weighted by Gasteiger charge is -2.27. The number of hydrogen-bond acceptors (Lipinski definition) is 1. The molecule has 1 aliphatic rings. The second-order valence-corrected chi connectivity index (χ2v) is 4.93. The first-order valence-electron chi connectivity index (χ1n) is 6.00. The molecule has 0 saturated carbocycles. The Bertz CT molecular complexity index is 486. The highest BCUT2D eigenvalue weighted by Crippen LogP contribution is 2.33. The van der Waals surface area contributed by atoms with Gasteiger partial charge in [0.1, 0.15) is 0 Å². The molecule has 0 fully saturated rings. The molecular weight excluding hydrogens is 212 g/mol. The van der Waals surface area contributed by atoms with Crippen LogP contribution < -0.4 is 0 Å². The highest BCUT2D eigenvalue weighted by atomic mass is 16.4. The maximum Gasteiger partial charge on any atom is 0.331 e. The van der Waals surface area contributed by atoms with E-state index >= 15 is 0 Å². The minimum atomic E-state index is -0.858. The van der Waals surface area contributed by atoms with E-state index < -0.39 is 5.97 Å². The first-order chi connectivity index (χ1) is 8.00. The summed E-state index contributed by atoms with van der Waals surface area (Å²) in [6.45, 7) is 7.93. The van der Waals surface area contributed by atoms with Crippen LogP contribution in [0.15, 0.2) is 24.3 Å². The summed E-state index contributed by atoms with van der Waals surface area (Å²) < 4.78 is 0.